The van der Waals surface area contributed by atoms with Crippen molar-refractivity contribution < 1.29 is 4.79 Å². The highest BCUT2D eigenvalue weighted by molar-refractivity contribution is 6.31. The van der Waals surface area contributed by atoms with Crippen LogP contribution >= 0.6 is 11.6 Å². The lowest BCUT2D eigenvalue weighted by molar-refractivity contribution is -0.127. The molecule has 0 aliphatic carbocycles. The highest BCUT2D eigenvalue weighted by atomic mass is 35.5. The molecule has 0 unspecified atom stereocenters. The van der Waals surface area contributed by atoms with Crippen LogP contribution in [0.15, 0.2) is 36.8 Å². The van der Waals surface area contributed by atoms with Crippen LogP contribution in [0.1, 0.15) is 18.1 Å². The number of hydrogen-bond donors (Lipinski definition) is 4. The lowest BCUT2D eigenvalue weighted by Gasteiger charge is -2.07. The number of hydrogen-bond acceptors (Lipinski definition) is 4. The molecule has 0 aliphatic rings. The van der Waals surface area contributed by atoms with Gasteiger partial charge in [-0.2, -0.15) is 5.10 Å². The fraction of sp³-hybridized carbons (Fsp3) is 0.364. The first-order valence-electron chi connectivity index (χ1n) is 9.90. The molecule has 0 spiro atoms. The molecule has 30 heavy (non-hydrogen) atoms. The standard InChI is InChI=1S/C17H19ClN4.C5H12N2O/c1-3-11-4-5-12(6-16(11)18)15-10-21-22-17(15)14-9-20-8-13(14)7-19-2;1-6-4-5(8)7(2)3/h4-6,8-10,19-20H,3,7H2,1-2H3,(H,21,22);6H,4H2,1-3H3. The van der Waals surface area contributed by atoms with Crippen LogP contribution in [-0.4, -0.2) is 60.7 Å². The van der Waals surface area contributed by atoms with Gasteiger partial charge in [-0.1, -0.05) is 30.7 Å². The van der Waals surface area contributed by atoms with E-state index in [0.29, 0.717) is 6.54 Å². The van der Waals surface area contributed by atoms with Crippen LogP contribution in [0.4, 0.5) is 0 Å². The zero-order valence-corrected chi connectivity index (χ0v) is 19.0. The lowest BCUT2D eigenvalue weighted by Crippen LogP contribution is -2.30. The number of amides is 1. The largest absolute Gasteiger partial charge is 0.367 e. The molecular weight excluding hydrogens is 400 g/mol. The van der Waals surface area contributed by atoms with Crippen LogP contribution < -0.4 is 10.6 Å². The average molecular weight is 431 g/mol. The van der Waals surface area contributed by atoms with Crippen molar-refractivity contribution in [1.29, 1.82) is 0 Å². The molecule has 2 heterocycles. The molecule has 0 radical (unpaired) electrons. The van der Waals surface area contributed by atoms with Gasteiger partial charge in [0.2, 0.25) is 5.91 Å². The van der Waals surface area contributed by atoms with Crippen molar-refractivity contribution in [2.75, 3.05) is 34.7 Å². The van der Waals surface area contributed by atoms with Crippen molar-refractivity contribution in [3.05, 3.63) is 52.9 Å². The minimum absolute atomic E-state index is 0.104. The number of aromatic nitrogens is 3. The van der Waals surface area contributed by atoms with Crippen LogP contribution in [0, 0.1) is 0 Å². The molecule has 3 aromatic rings. The molecule has 0 saturated heterocycles. The second-order valence-electron chi connectivity index (χ2n) is 7.06. The van der Waals surface area contributed by atoms with Crippen molar-refractivity contribution in [3.63, 3.8) is 0 Å². The fourth-order valence-electron chi connectivity index (χ4n) is 2.99. The Labute approximate surface area is 183 Å². The summed E-state index contributed by atoms with van der Waals surface area (Å²) >= 11 is 6.36. The van der Waals surface area contributed by atoms with E-state index in [1.54, 1.807) is 26.0 Å². The summed E-state index contributed by atoms with van der Waals surface area (Å²) in [5.74, 6) is 0.104. The summed E-state index contributed by atoms with van der Waals surface area (Å²) in [6.45, 7) is 3.33. The van der Waals surface area contributed by atoms with E-state index in [0.717, 1.165) is 45.9 Å². The van der Waals surface area contributed by atoms with Gasteiger partial charge in [-0.25, -0.2) is 0 Å². The molecule has 7 nitrogen and oxygen atoms in total. The molecule has 0 saturated carbocycles. The molecule has 4 N–H and O–H groups in total. The number of nitrogens with one attached hydrogen (secondary N) is 4. The summed E-state index contributed by atoms with van der Waals surface area (Å²) in [7, 11) is 7.16. The monoisotopic (exact) mass is 430 g/mol. The first kappa shape index (κ1) is 23.7. The molecule has 1 amide bonds. The van der Waals surface area contributed by atoms with Gasteiger partial charge in [0.1, 0.15) is 0 Å². The van der Waals surface area contributed by atoms with Gasteiger partial charge in [0.05, 0.1) is 18.4 Å². The number of carbonyl (C=O) groups excluding carboxylic acids is 1. The van der Waals surface area contributed by atoms with Crippen molar-refractivity contribution >= 4 is 17.5 Å². The van der Waals surface area contributed by atoms with Crippen LogP contribution in [0.5, 0.6) is 0 Å². The van der Waals surface area contributed by atoms with Gasteiger partial charge in [-0.3, -0.25) is 9.89 Å². The maximum atomic E-state index is 10.6. The van der Waals surface area contributed by atoms with E-state index in [2.05, 4.69) is 44.9 Å². The zero-order valence-electron chi connectivity index (χ0n) is 18.3. The van der Waals surface area contributed by atoms with Gasteiger partial charge in [0.25, 0.3) is 0 Å². The summed E-state index contributed by atoms with van der Waals surface area (Å²) in [5, 5.41) is 14.1. The van der Waals surface area contributed by atoms with Crippen LogP contribution in [0.2, 0.25) is 5.02 Å². The predicted molar refractivity (Wildman–Crippen MR) is 124 cm³/mol. The summed E-state index contributed by atoms with van der Waals surface area (Å²) in [5.41, 5.74) is 6.62. The Morgan fingerprint density at radius 1 is 1.13 bits per heavy atom. The van der Waals surface area contributed by atoms with E-state index in [1.165, 1.54) is 5.56 Å². The molecule has 162 valence electrons. The Kier molecular flexibility index (Phi) is 9.11. The van der Waals surface area contributed by atoms with Gasteiger partial charge in [-0.05, 0) is 43.3 Å². The molecule has 3 rings (SSSR count). The quantitative estimate of drug-likeness (QED) is 0.463. The third kappa shape index (κ3) is 5.95. The maximum absolute atomic E-state index is 10.6. The minimum Gasteiger partial charge on any atom is -0.367 e. The Bertz CT molecular complexity index is 947. The SMILES string of the molecule is CCc1ccc(-c2cn[nH]c2-c2c[nH]cc2CNC)cc1Cl.CNCC(=O)N(C)C. The first-order chi connectivity index (χ1) is 14.4. The van der Waals surface area contributed by atoms with Crippen LogP contribution in [-0.2, 0) is 17.8 Å². The van der Waals surface area contributed by atoms with Crippen molar-refractivity contribution in [2.45, 2.75) is 19.9 Å². The second-order valence-corrected chi connectivity index (χ2v) is 7.47. The topological polar surface area (TPSA) is 88.8 Å². The number of H-pyrrole nitrogens is 2. The lowest BCUT2D eigenvalue weighted by atomic mass is 9.99. The highest BCUT2D eigenvalue weighted by Gasteiger charge is 2.14. The third-order valence-electron chi connectivity index (χ3n) is 4.68. The molecule has 2 aromatic heterocycles. The Balaban J connectivity index is 0.000000343. The minimum atomic E-state index is 0.104. The molecule has 0 fully saturated rings. The molecule has 0 aliphatic heterocycles. The van der Waals surface area contributed by atoms with Gasteiger partial charge in [0.15, 0.2) is 0 Å². The highest BCUT2D eigenvalue weighted by Crippen LogP contribution is 2.34. The normalized spacial score (nSPS) is 10.5. The molecule has 1 aromatic carbocycles. The Morgan fingerprint density at radius 2 is 1.90 bits per heavy atom. The molecule has 8 heteroatoms. The zero-order chi connectivity index (χ0) is 22.1. The third-order valence-corrected chi connectivity index (χ3v) is 5.03. The number of aryl methyl sites for hydroxylation is 1. The number of aromatic amines is 2. The first-order valence-corrected chi connectivity index (χ1v) is 10.3. The predicted octanol–water partition coefficient (Wildman–Crippen LogP) is 3.30. The fourth-order valence-corrected chi connectivity index (χ4v) is 3.30. The van der Waals surface area contributed by atoms with Crippen molar-refractivity contribution in [2.24, 2.45) is 0 Å². The summed E-state index contributed by atoms with van der Waals surface area (Å²) in [6.07, 6.45) is 6.78. The van der Waals surface area contributed by atoms with E-state index in [9.17, 15) is 4.79 Å². The second kappa shape index (κ2) is 11.5. The van der Waals surface area contributed by atoms with Crippen LogP contribution in [0.3, 0.4) is 0 Å². The smallest absolute Gasteiger partial charge is 0.235 e. The van der Waals surface area contributed by atoms with E-state index in [-0.39, 0.29) is 5.91 Å². The van der Waals surface area contributed by atoms with Gasteiger partial charge in [0, 0.05) is 49.2 Å². The van der Waals surface area contributed by atoms with Crippen LogP contribution in [0.25, 0.3) is 22.4 Å². The van der Waals surface area contributed by atoms with E-state index in [1.807, 2.05) is 31.7 Å². The number of halogens is 1. The Hall–Kier alpha value is -2.61. The summed E-state index contributed by atoms with van der Waals surface area (Å²) < 4.78 is 0. The number of benzene rings is 1. The number of nitrogens with zero attached hydrogens (tertiary/aromatic N) is 2. The van der Waals surface area contributed by atoms with E-state index < -0.39 is 0 Å². The van der Waals surface area contributed by atoms with Gasteiger partial charge < -0.3 is 20.5 Å². The summed E-state index contributed by atoms with van der Waals surface area (Å²) in [4.78, 5) is 15.3. The van der Waals surface area contributed by atoms with E-state index >= 15 is 0 Å². The van der Waals surface area contributed by atoms with Crippen molar-refractivity contribution in [1.82, 2.24) is 30.7 Å². The van der Waals surface area contributed by atoms with E-state index in [4.69, 9.17) is 11.6 Å². The maximum Gasteiger partial charge on any atom is 0.235 e. The number of likely N-dealkylation sites (N-methyl/N-ethyl adjacent to an activating group) is 2. The average Bonchev–Trinajstić information content (AvgIpc) is 3.38. The molecule has 0 bridgehead atoms. The number of rotatable bonds is 7. The number of carbonyl (C=O) groups is 1. The Morgan fingerprint density at radius 3 is 2.47 bits per heavy atom. The van der Waals surface area contributed by atoms with Gasteiger partial charge >= 0.3 is 0 Å². The van der Waals surface area contributed by atoms with Crippen molar-refractivity contribution in [3.8, 4) is 22.4 Å². The summed E-state index contributed by atoms with van der Waals surface area (Å²) in [6, 6.07) is 6.20. The molecule has 0 atom stereocenters. The molecular formula is C22H31ClN6O. The van der Waals surface area contributed by atoms with Gasteiger partial charge in [-0.15, -0.1) is 0 Å².